The van der Waals surface area contributed by atoms with Gasteiger partial charge in [-0.15, -0.1) is 0 Å². The van der Waals surface area contributed by atoms with Crippen LogP contribution in [-0.4, -0.2) is 27.7 Å². The van der Waals surface area contributed by atoms with Gasteiger partial charge in [0, 0.05) is 7.05 Å². The third kappa shape index (κ3) is 2.43. The number of ether oxygens (including phenoxy) is 1. The molecule has 0 aliphatic rings. The minimum absolute atomic E-state index is 0.00791. The van der Waals surface area contributed by atoms with Gasteiger partial charge in [0.15, 0.2) is 5.69 Å². The molecule has 106 valence electrons. The van der Waals surface area contributed by atoms with Crippen LogP contribution < -0.4 is 4.74 Å². The second-order valence-corrected chi connectivity index (χ2v) is 5.08. The van der Waals surface area contributed by atoms with Gasteiger partial charge in [-0.05, 0) is 40.0 Å². The average Bonchev–Trinajstić information content (AvgIpc) is 2.74. The number of carboxylic acids is 1. The summed E-state index contributed by atoms with van der Waals surface area (Å²) >= 11 is 3.26. The Kier molecular flexibility index (Phi) is 4.13. The van der Waals surface area contributed by atoms with Gasteiger partial charge < -0.3 is 14.4 Å². The first-order valence-electron chi connectivity index (χ1n) is 6.12. The largest absolute Gasteiger partial charge is 0.496 e. The van der Waals surface area contributed by atoms with Crippen molar-refractivity contribution in [2.75, 3.05) is 7.11 Å². The Hall–Kier alpha value is -1.82. The van der Waals surface area contributed by atoms with Gasteiger partial charge >= 0.3 is 5.97 Å². The molecule has 1 aromatic heterocycles. The van der Waals surface area contributed by atoms with Crippen molar-refractivity contribution in [2.24, 2.45) is 7.05 Å². The zero-order chi connectivity index (χ0) is 14.9. The van der Waals surface area contributed by atoms with Gasteiger partial charge in [-0.2, -0.15) is 0 Å². The van der Waals surface area contributed by atoms with Crippen LogP contribution in [0.15, 0.2) is 22.8 Å². The summed E-state index contributed by atoms with van der Waals surface area (Å²) in [4.78, 5) is 15.4. The third-order valence-corrected chi connectivity index (χ3v) is 4.05. The Morgan fingerprint density at radius 1 is 1.50 bits per heavy atom. The molecule has 6 heteroatoms. The number of rotatable bonds is 4. The summed E-state index contributed by atoms with van der Waals surface area (Å²) in [7, 11) is 3.34. The molecule has 1 heterocycles. The molecule has 0 saturated carbocycles. The maximum atomic E-state index is 11.2. The lowest BCUT2D eigenvalue weighted by atomic mass is 10.1. The molecule has 5 nitrogen and oxygen atoms in total. The van der Waals surface area contributed by atoms with Gasteiger partial charge in [0.1, 0.15) is 16.2 Å². The molecular formula is C14H15BrN2O3. The number of imidazole rings is 1. The number of methoxy groups -OCH3 is 1. The minimum Gasteiger partial charge on any atom is -0.496 e. The lowest BCUT2D eigenvalue weighted by Gasteiger charge is -2.10. The first-order chi connectivity index (χ1) is 9.49. The summed E-state index contributed by atoms with van der Waals surface area (Å²) in [5, 5.41) is 9.14. The van der Waals surface area contributed by atoms with Gasteiger partial charge in [0.05, 0.1) is 12.7 Å². The van der Waals surface area contributed by atoms with Crippen molar-refractivity contribution in [1.29, 1.82) is 0 Å². The van der Waals surface area contributed by atoms with E-state index in [0.717, 1.165) is 17.5 Å². The van der Waals surface area contributed by atoms with Gasteiger partial charge in [-0.1, -0.05) is 13.0 Å². The van der Waals surface area contributed by atoms with E-state index >= 15 is 0 Å². The second kappa shape index (κ2) is 5.66. The molecule has 1 aromatic carbocycles. The summed E-state index contributed by atoms with van der Waals surface area (Å²) in [5.41, 5.74) is 1.91. The average molecular weight is 339 g/mol. The van der Waals surface area contributed by atoms with Crippen molar-refractivity contribution in [3.63, 3.8) is 0 Å². The van der Waals surface area contributed by atoms with E-state index in [9.17, 15) is 4.79 Å². The van der Waals surface area contributed by atoms with Crippen molar-refractivity contribution in [2.45, 2.75) is 13.3 Å². The molecule has 0 spiro atoms. The highest BCUT2D eigenvalue weighted by atomic mass is 79.9. The van der Waals surface area contributed by atoms with E-state index < -0.39 is 5.97 Å². The van der Waals surface area contributed by atoms with Crippen LogP contribution in [0.3, 0.4) is 0 Å². The number of hydrogen-bond donors (Lipinski definition) is 1. The Morgan fingerprint density at radius 2 is 2.20 bits per heavy atom. The fourth-order valence-electron chi connectivity index (χ4n) is 2.01. The molecule has 0 unspecified atom stereocenters. The lowest BCUT2D eigenvalue weighted by Crippen LogP contribution is -1.97. The summed E-state index contributed by atoms with van der Waals surface area (Å²) in [6.07, 6.45) is 0.883. The number of aryl methyl sites for hydroxylation is 1. The Bertz CT molecular complexity index is 665. The molecule has 0 amide bonds. The number of benzene rings is 1. The number of carbonyl (C=O) groups is 1. The van der Waals surface area contributed by atoms with Crippen LogP contribution in [0.4, 0.5) is 0 Å². The smallest absolute Gasteiger partial charge is 0.357 e. The molecular weight excluding hydrogens is 324 g/mol. The number of nitrogens with zero attached hydrogens (tertiary/aromatic N) is 2. The zero-order valence-electron chi connectivity index (χ0n) is 11.5. The van der Waals surface area contributed by atoms with Crippen LogP contribution in [0.25, 0.3) is 11.4 Å². The predicted molar refractivity (Wildman–Crippen MR) is 79.2 cm³/mol. The Morgan fingerprint density at radius 3 is 2.70 bits per heavy atom. The van der Waals surface area contributed by atoms with Crippen molar-refractivity contribution in [3.8, 4) is 17.1 Å². The van der Waals surface area contributed by atoms with Crippen molar-refractivity contribution < 1.29 is 14.6 Å². The number of aromatic nitrogens is 2. The standard InChI is InChI=1S/C14H15BrN2O3/c1-4-8-5-6-10(20-3)9(7-8)13-16-11(14(18)19)12(15)17(13)2/h5-7H,4H2,1-3H3,(H,18,19). The number of hydrogen-bond acceptors (Lipinski definition) is 3. The van der Waals surface area contributed by atoms with Crippen LogP contribution in [0, 0.1) is 0 Å². The number of aromatic carboxylic acids is 1. The van der Waals surface area contributed by atoms with E-state index in [4.69, 9.17) is 9.84 Å². The Balaban J connectivity index is 2.67. The maximum absolute atomic E-state index is 11.2. The molecule has 0 saturated heterocycles. The highest BCUT2D eigenvalue weighted by Gasteiger charge is 2.21. The third-order valence-electron chi connectivity index (χ3n) is 3.14. The normalized spacial score (nSPS) is 10.6. The molecule has 0 fully saturated rings. The van der Waals surface area contributed by atoms with Gasteiger partial charge in [-0.3, -0.25) is 0 Å². The lowest BCUT2D eigenvalue weighted by molar-refractivity contribution is 0.0690. The fourth-order valence-corrected chi connectivity index (χ4v) is 2.43. The SMILES string of the molecule is CCc1ccc(OC)c(-c2nc(C(=O)O)c(Br)n2C)c1. The van der Waals surface area contributed by atoms with E-state index in [0.29, 0.717) is 16.2 Å². The molecule has 0 radical (unpaired) electrons. The summed E-state index contributed by atoms with van der Waals surface area (Å²) in [5.74, 6) is 0.158. The monoisotopic (exact) mass is 338 g/mol. The van der Waals surface area contributed by atoms with Crippen LogP contribution in [0.5, 0.6) is 5.75 Å². The maximum Gasteiger partial charge on any atom is 0.357 e. The first kappa shape index (κ1) is 14.6. The zero-order valence-corrected chi connectivity index (χ0v) is 13.1. The summed E-state index contributed by atoms with van der Waals surface area (Å²) < 4.78 is 7.48. The van der Waals surface area contributed by atoms with E-state index in [2.05, 4.69) is 27.8 Å². The highest BCUT2D eigenvalue weighted by Crippen LogP contribution is 2.33. The van der Waals surface area contributed by atoms with Crippen molar-refractivity contribution >= 4 is 21.9 Å². The van der Waals surface area contributed by atoms with Crippen molar-refractivity contribution in [3.05, 3.63) is 34.1 Å². The second-order valence-electron chi connectivity index (χ2n) is 4.33. The predicted octanol–water partition coefficient (Wildman–Crippen LogP) is 3.12. The highest BCUT2D eigenvalue weighted by molar-refractivity contribution is 9.10. The van der Waals surface area contributed by atoms with Gasteiger partial charge in [-0.25, -0.2) is 9.78 Å². The van der Waals surface area contributed by atoms with E-state index in [1.807, 2.05) is 18.2 Å². The molecule has 0 atom stereocenters. The minimum atomic E-state index is -1.07. The van der Waals surface area contributed by atoms with E-state index in [-0.39, 0.29) is 5.69 Å². The van der Waals surface area contributed by atoms with Gasteiger partial charge in [0.25, 0.3) is 0 Å². The topological polar surface area (TPSA) is 64.3 Å². The molecule has 0 bridgehead atoms. The van der Waals surface area contributed by atoms with Crippen LogP contribution >= 0.6 is 15.9 Å². The fraction of sp³-hybridized carbons (Fsp3) is 0.286. The number of halogens is 1. The molecule has 2 rings (SSSR count). The van der Waals surface area contributed by atoms with Gasteiger partial charge in [0.2, 0.25) is 0 Å². The van der Waals surface area contributed by atoms with E-state index in [1.54, 1.807) is 18.7 Å². The molecule has 20 heavy (non-hydrogen) atoms. The Labute approximate surface area is 125 Å². The summed E-state index contributed by atoms with van der Waals surface area (Å²) in [6.45, 7) is 2.06. The van der Waals surface area contributed by atoms with Crippen LogP contribution in [0.2, 0.25) is 0 Å². The molecule has 1 N–H and O–H groups in total. The number of carboxylic acid groups (broad SMARTS) is 1. The molecule has 0 aliphatic heterocycles. The summed E-state index contributed by atoms with van der Waals surface area (Å²) in [6, 6.07) is 5.83. The first-order valence-corrected chi connectivity index (χ1v) is 6.91. The molecule has 2 aromatic rings. The van der Waals surface area contributed by atoms with Crippen LogP contribution in [0.1, 0.15) is 23.0 Å². The van der Waals surface area contributed by atoms with Crippen molar-refractivity contribution in [1.82, 2.24) is 9.55 Å². The van der Waals surface area contributed by atoms with Crippen LogP contribution in [-0.2, 0) is 13.5 Å². The molecule has 0 aliphatic carbocycles. The quantitative estimate of drug-likeness (QED) is 0.930. The van der Waals surface area contributed by atoms with E-state index in [1.165, 1.54) is 0 Å².